The van der Waals surface area contributed by atoms with Crippen molar-refractivity contribution in [1.82, 2.24) is 20.4 Å². The maximum Gasteiger partial charge on any atom is 0.317 e. The number of ether oxygens (including phenoxy) is 1. The summed E-state index contributed by atoms with van der Waals surface area (Å²) in [5, 5.41) is 6.30. The number of nitrogens with one attached hydrogen (secondary N) is 2. The van der Waals surface area contributed by atoms with Gasteiger partial charge in [0.25, 0.3) is 0 Å². The zero-order valence-corrected chi connectivity index (χ0v) is 21.2. The van der Waals surface area contributed by atoms with E-state index in [4.69, 9.17) is 4.74 Å². The van der Waals surface area contributed by atoms with Gasteiger partial charge in [-0.25, -0.2) is 4.79 Å². The summed E-state index contributed by atoms with van der Waals surface area (Å²) in [6.45, 7) is 4.60. The van der Waals surface area contributed by atoms with Gasteiger partial charge in [0.2, 0.25) is 5.91 Å². The molecule has 7 heteroatoms. The van der Waals surface area contributed by atoms with E-state index < -0.39 is 0 Å². The van der Waals surface area contributed by atoms with Crippen molar-refractivity contribution in [3.8, 4) is 5.75 Å². The third kappa shape index (κ3) is 5.93. The third-order valence-electron chi connectivity index (χ3n) is 8.72. The number of nitrogens with zero attached hydrogens (tertiary/aromatic N) is 2. The van der Waals surface area contributed by atoms with Crippen LogP contribution in [0.25, 0.3) is 0 Å². The summed E-state index contributed by atoms with van der Waals surface area (Å²) >= 11 is 0. The van der Waals surface area contributed by atoms with Crippen LogP contribution in [0.5, 0.6) is 5.75 Å². The number of carbonyl (C=O) groups excluding carboxylic acids is 2. The molecule has 4 atom stereocenters. The topological polar surface area (TPSA) is 73.9 Å². The lowest BCUT2D eigenvalue weighted by Gasteiger charge is -2.57. The van der Waals surface area contributed by atoms with E-state index in [0.29, 0.717) is 36.8 Å². The minimum Gasteiger partial charge on any atom is -0.497 e. The number of rotatable bonds is 9. The zero-order chi connectivity index (χ0) is 24.2. The van der Waals surface area contributed by atoms with Crippen molar-refractivity contribution in [3.63, 3.8) is 0 Å². The van der Waals surface area contributed by atoms with Gasteiger partial charge >= 0.3 is 6.03 Å². The normalized spacial score (nSPS) is 28.2. The Hall–Kier alpha value is -2.28. The molecular formula is C28H42N4O3. The average molecular weight is 483 g/mol. The molecule has 4 fully saturated rings. The fourth-order valence-corrected chi connectivity index (χ4v) is 6.76. The molecular weight excluding hydrogens is 440 g/mol. The van der Waals surface area contributed by atoms with E-state index in [2.05, 4.69) is 20.4 Å². The molecule has 1 aliphatic carbocycles. The fraction of sp³-hybridized carbons (Fsp3) is 0.714. The number of carbonyl (C=O) groups is 2. The largest absolute Gasteiger partial charge is 0.497 e. The van der Waals surface area contributed by atoms with Gasteiger partial charge in [0, 0.05) is 38.1 Å². The molecule has 0 aromatic heterocycles. The van der Waals surface area contributed by atoms with E-state index in [1.807, 2.05) is 24.3 Å². The van der Waals surface area contributed by atoms with Crippen LogP contribution in [-0.4, -0.2) is 67.1 Å². The predicted octanol–water partition coefficient (Wildman–Crippen LogP) is 3.78. The first-order chi connectivity index (χ1) is 17.1. The van der Waals surface area contributed by atoms with Crippen molar-refractivity contribution in [3.05, 3.63) is 29.8 Å². The third-order valence-corrected chi connectivity index (χ3v) is 8.72. The van der Waals surface area contributed by atoms with Gasteiger partial charge in [-0.2, -0.15) is 0 Å². The second-order valence-electron chi connectivity index (χ2n) is 11.1. The summed E-state index contributed by atoms with van der Waals surface area (Å²) in [5.74, 6) is 2.79. The molecule has 2 N–H and O–H groups in total. The summed E-state index contributed by atoms with van der Waals surface area (Å²) < 4.78 is 5.25. The Balaban J connectivity index is 1.23. The van der Waals surface area contributed by atoms with Crippen molar-refractivity contribution in [1.29, 1.82) is 0 Å². The van der Waals surface area contributed by atoms with Gasteiger partial charge in [0.1, 0.15) is 5.75 Å². The maximum atomic E-state index is 13.5. The average Bonchev–Trinajstić information content (AvgIpc) is 3.72. The van der Waals surface area contributed by atoms with E-state index in [1.165, 1.54) is 51.6 Å². The number of hydrogen-bond donors (Lipinski definition) is 2. The van der Waals surface area contributed by atoms with E-state index >= 15 is 0 Å². The van der Waals surface area contributed by atoms with Crippen LogP contribution in [0.1, 0.15) is 63.4 Å². The highest BCUT2D eigenvalue weighted by atomic mass is 16.5. The predicted molar refractivity (Wildman–Crippen MR) is 136 cm³/mol. The van der Waals surface area contributed by atoms with Crippen LogP contribution < -0.4 is 15.4 Å². The number of likely N-dealkylation sites (tertiary alicyclic amines) is 1. The standard InChI is InChI=1S/C28H42N4O3/c1-35-23-13-11-21(12-14-23)18-30-28(34)32-19-22-5-3-15-31-16-4-6-24(27(22)31)25(32)7-2-8-26(33)29-17-20-9-10-20/h11-14,20,22,24-25,27H,2-10,15-19H2,1H3,(H,29,33)(H,30,34)/t22-,24+,25+,27-/m0/s1. The maximum absolute atomic E-state index is 13.5. The van der Waals surface area contributed by atoms with Crippen LogP contribution in [0.4, 0.5) is 4.79 Å². The molecule has 35 heavy (non-hydrogen) atoms. The molecule has 192 valence electrons. The van der Waals surface area contributed by atoms with E-state index in [1.54, 1.807) is 7.11 Å². The Morgan fingerprint density at radius 2 is 1.80 bits per heavy atom. The lowest BCUT2D eigenvalue weighted by atomic mass is 9.69. The lowest BCUT2D eigenvalue weighted by molar-refractivity contribution is -0.121. The summed E-state index contributed by atoms with van der Waals surface area (Å²) in [7, 11) is 1.66. The summed E-state index contributed by atoms with van der Waals surface area (Å²) in [4.78, 5) is 30.7. The Morgan fingerprint density at radius 3 is 2.54 bits per heavy atom. The molecule has 0 radical (unpaired) electrons. The summed E-state index contributed by atoms with van der Waals surface area (Å²) in [5.41, 5.74) is 1.07. The second kappa shape index (κ2) is 11.2. The van der Waals surface area contributed by atoms with Crippen molar-refractivity contribution < 1.29 is 14.3 Å². The van der Waals surface area contributed by atoms with Crippen molar-refractivity contribution in [2.45, 2.75) is 76.4 Å². The highest BCUT2D eigenvalue weighted by Crippen LogP contribution is 2.43. The molecule has 1 saturated carbocycles. The number of piperidine rings is 3. The quantitative estimate of drug-likeness (QED) is 0.562. The number of hydrogen-bond acceptors (Lipinski definition) is 4. The smallest absolute Gasteiger partial charge is 0.317 e. The second-order valence-corrected chi connectivity index (χ2v) is 11.1. The van der Waals surface area contributed by atoms with Crippen LogP contribution in [0, 0.1) is 17.8 Å². The van der Waals surface area contributed by atoms with E-state index in [-0.39, 0.29) is 18.0 Å². The van der Waals surface area contributed by atoms with Gasteiger partial charge in [-0.1, -0.05) is 12.1 Å². The van der Waals surface area contributed by atoms with Gasteiger partial charge in [-0.3, -0.25) is 9.69 Å². The first-order valence-corrected chi connectivity index (χ1v) is 13.8. The van der Waals surface area contributed by atoms with Crippen LogP contribution in [0.3, 0.4) is 0 Å². The van der Waals surface area contributed by atoms with Gasteiger partial charge in [-0.15, -0.1) is 0 Å². The van der Waals surface area contributed by atoms with Gasteiger partial charge in [-0.05, 0) is 99.9 Å². The molecule has 0 spiro atoms. The van der Waals surface area contributed by atoms with Gasteiger partial charge in [0.05, 0.1) is 7.11 Å². The monoisotopic (exact) mass is 482 g/mol. The zero-order valence-electron chi connectivity index (χ0n) is 21.2. The highest BCUT2D eigenvalue weighted by Gasteiger charge is 2.49. The lowest BCUT2D eigenvalue weighted by Crippen LogP contribution is -2.66. The summed E-state index contributed by atoms with van der Waals surface area (Å²) in [6, 6.07) is 8.74. The molecule has 5 rings (SSSR count). The Morgan fingerprint density at radius 1 is 1.03 bits per heavy atom. The Labute approximate surface area is 209 Å². The molecule has 3 heterocycles. The molecule has 3 aliphatic heterocycles. The summed E-state index contributed by atoms with van der Waals surface area (Å²) in [6.07, 6.45) is 9.69. The Kier molecular flexibility index (Phi) is 7.81. The SMILES string of the molecule is COc1ccc(CNC(=O)N2C[C@@H]3CCCN4CCC[C@@H]([C@H]34)[C@H]2CCCC(=O)NCC2CC2)cc1. The minimum atomic E-state index is 0.0464. The first kappa shape index (κ1) is 24.4. The number of urea groups is 1. The number of amides is 3. The molecule has 4 aliphatic rings. The van der Waals surface area contributed by atoms with Crippen LogP contribution in [0.2, 0.25) is 0 Å². The Bertz CT molecular complexity index is 869. The fourth-order valence-electron chi connectivity index (χ4n) is 6.76. The van der Waals surface area contributed by atoms with E-state index in [9.17, 15) is 9.59 Å². The molecule has 3 amide bonds. The van der Waals surface area contributed by atoms with Crippen LogP contribution >= 0.6 is 0 Å². The van der Waals surface area contributed by atoms with Gasteiger partial charge < -0.3 is 20.3 Å². The molecule has 1 aromatic rings. The van der Waals surface area contributed by atoms with Gasteiger partial charge in [0.15, 0.2) is 0 Å². The van der Waals surface area contributed by atoms with Crippen molar-refractivity contribution in [2.75, 3.05) is 33.3 Å². The highest BCUT2D eigenvalue weighted by molar-refractivity contribution is 5.76. The van der Waals surface area contributed by atoms with Crippen LogP contribution in [-0.2, 0) is 11.3 Å². The molecule has 7 nitrogen and oxygen atoms in total. The van der Waals surface area contributed by atoms with Crippen molar-refractivity contribution >= 4 is 11.9 Å². The first-order valence-electron chi connectivity index (χ1n) is 13.8. The molecule has 3 saturated heterocycles. The number of benzene rings is 1. The molecule has 0 unspecified atom stereocenters. The molecule has 1 aromatic carbocycles. The molecule has 0 bridgehead atoms. The number of methoxy groups -OCH3 is 1. The van der Waals surface area contributed by atoms with Crippen LogP contribution in [0.15, 0.2) is 24.3 Å². The minimum absolute atomic E-state index is 0.0464. The van der Waals surface area contributed by atoms with Crippen molar-refractivity contribution in [2.24, 2.45) is 17.8 Å². The van der Waals surface area contributed by atoms with E-state index in [0.717, 1.165) is 37.2 Å².